The number of pyridine rings is 1. The third-order valence-corrected chi connectivity index (χ3v) is 4.93. The molecule has 0 unspecified atom stereocenters. The van der Waals surface area contributed by atoms with Gasteiger partial charge in [0.15, 0.2) is 0 Å². The number of hydrogen-bond donors (Lipinski definition) is 1. The highest BCUT2D eigenvalue weighted by Gasteiger charge is 2.27. The van der Waals surface area contributed by atoms with Crippen molar-refractivity contribution >= 4 is 23.0 Å². The first-order chi connectivity index (χ1) is 14.4. The van der Waals surface area contributed by atoms with E-state index < -0.39 is 11.6 Å². The Labute approximate surface area is 175 Å². The van der Waals surface area contributed by atoms with Gasteiger partial charge >= 0.3 is 5.97 Å². The van der Waals surface area contributed by atoms with Crippen LogP contribution in [0.4, 0.5) is 5.95 Å². The summed E-state index contributed by atoms with van der Waals surface area (Å²) in [6, 6.07) is 12.9. The summed E-state index contributed by atoms with van der Waals surface area (Å²) in [5, 5.41) is 0. The Morgan fingerprint density at radius 2 is 1.90 bits per heavy atom. The first kappa shape index (κ1) is 20.0. The van der Waals surface area contributed by atoms with E-state index in [0.717, 1.165) is 25.1 Å². The van der Waals surface area contributed by atoms with Crippen molar-refractivity contribution in [1.29, 1.82) is 0 Å². The largest absolute Gasteiger partial charge is 0.454 e. The van der Waals surface area contributed by atoms with Gasteiger partial charge in [0, 0.05) is 25.2 Å². The Bertz CT molecular complexity index is 1100. The Morgan fingerprint density at radius 1 is 1.10 bits per heavy atom. The standard InChI is InChI=1S/C23H25N5O2/c1-23(2,15-28-13-7-4-8-14-28)30-21(29)18-12-11-17-20(25-18)19(27-22(24)26-17)16-9-5-3-6-10-16/h3-7,9-12H,8,13-15H2,1-2H3,(H2,24,26,27). The minimum absolute atomic E-state index is 0.162. The fourth-order valence-electron chi connectivity index (χ4n) is 3.65. The molecule has 3 heterocycles. The average molecular weight is 403 g/mol. The molecule has 0 spiro atoms. The van der Waals surface area contributed by atoms with Gasteiger partial charge in [0.1, 0.15) is 22.5 Å². The molecule has 0 aliphatic carbocycles. The zero-order chi connectivity index (χ0) is 21.1. The van der Waals surface area contributed by atoms with Crippen LogP contribution in [0.1, 0.15) is 30.8 Å². The molecule has 0 bridgehead atoms. The summed E-state index contributed by atoms with van der Waals surface area (Å²) >= 11 is 0. The number of carbonyl (C=O) groups is 1. The zero-order valence-corrected chi connectivity index (χ0v) is 17.2. The van der Waals surface area contributed by atoms with E-state index in [4.69, 9.17) is 10.5 Å². The minimum Gasteiger partial charge on any atom is -0.454 e. The molecule has 154 valence electrons. The fraction of sp³-hybridized carbons (Fsp3) is 0.304. The summed E-state index contributed by atoms with van der Waals surface area (Å²) < 4.78 is 5.81. The SMILES string of the molecule is CC(C)(CN1CC=CCC1)OC(=O)c1ccc2nc(N)nc(-c3ccccc3)c2n1. The minimum atomic E-state index is -0.640. The lowest BCUT2D eigenvalue weighted by Crippen LogP contribution is -2.43. The molecule has 30 heavy (non-hydrogen) atoms. The summed E-state index contributed by atoms with van der Waals surface area (Å²) in [5.41, 5.74) is 8.01. The normalized spacial score (nSPS) is 14.7. The maximum atomic E-state index is 12.9. The van der Waals surface area contributed by atoms with Crippen molar-refractivity contribution in [2.24, 2.45) is 0 Å². The van der Waals surface area contributed by atoms with Gasteiger partial charge < -0.3 is 10.5 Å². The van der Waals surface area contributed by atoms with E-state index in [2.05, 4.69) is 32.0 Å². The Hall–Kier alpha value is -3.32. The quantitative estimate of drug-likeness (QED) is 0.515. The van der Waals surface area contributed by atoms with E-state index in [1.165, 1.54) is 0 Å². The second-order valence-electron chi connectivity index (χ2n) is 8.01. The van der Waals surface area contributed by atoms with Gasteiger partial charge in [0.25, 0.3) is 0 Å². The van der Waals surface area contributed by atoms with Gasteiger partial charge in [-0.05, 0) is 32.4 Å². The van der Waals surface area contributed by atoms with Crippen molar-refractivity contribution in [2.45, 2.75) is 25.9 Å². The molecule has 1 aliphatic rings. The number of nitrogens with two attached hydrogens (primary N) is 1. The van der Waals surface area contributed by atoms with E-state index in [1.54, 1.807) is 12.1 Å². The summed E-state index contributed by atoms with van der Waals surface area (Å²) in [4.78, 5) is 28.3. The second kappa shape index (κ2) is 8.20. The Kier molecular flexibility index (Phi) is 5.46. The molecular weight excluding hydrogens is 378 g/mol. The van der Waals surface area contributed by atoms with E-state index in [1.807, 2.05) is 44.2 Å². The fourth-order valence-corrected chi connectivity index (χ4v) is 3.65. The molecule has 0 saturated heterocycles. The van der Waals surface area contributed by atoms with Crippen molar-refractivity contribution in [3.8, 4) is 11.3 Å². The van der Waals surface area contributed by atoms with Gasteiger partial charge in [-0.1, -0.05) is 42.5 Å². The Morgan fingerprint density at radius 3 is 2.63 bits per heavy atom. The monoisotopic (exact) mass is 403 g/mol. The highest BCUT2D eigenvalue weighted by molar-refractivity contribution is 5.95. The smallest absolute Gasteiger partial charge is 0.357 e. The van der Waals surface area contributed by atoms with Gasteiger partial charge in [0.05, 0.1) is 5.52 Å². The summed E-state index contributed by atoms with van der Waals surface area (Å²) in [6.45, 7) is 6.33. The number of hydrogen-bond acceptors (Lipinski definition) is 7. The Balaban J connectivity index is 1.62. The first-order valence-electron chi connectivity index (χ1n) is 10.0. The predicted molar refractivity (Wildman–Crippen MR) is 117 cm³/mol. The van der Waals surface area contributed by atoms with Gasteiger partial charge in [-0.25, -0.2) is 19.7 Å². The van der Waals surface area contributed by atoms with Crippen molar-refractivity contribution in [3.05, 3.63) is 60.3 Å². The number of nitrogens with zero attached hydrogens (tertiary/aromatic N) is 4. The molecule has 3 aromatic rings. The molecule has 1 aliphatic heterocycles. The summed E-state index contributed by atoms with van der Waals surface area (Å²) in [7, 11) is 0. The molecule has 0 fully saturated rings. The number of aromatic nitrogens is 3. The van der Waals surface area contributed by atoms with Crippen LogP contribution in [0.5, 0.6) is 0 Å². The summed E-state index contributed by atoms with van der Waals surface area (Å²) in [5.74, 6) is -0.305. The van der Waals surface area contributed by atoms with Crippen LogP contribution in [0.3, 0.4) is 0 Å². The van der Waals surface area contributed by atoms with E-state index in [9.17, 15) is 4.79 Å². The topological polar surface area (TPSA) is 94.2 Å². The van der Waals surface area contributed by atoms with E-state index in [0.29, 0.717) is 23.3 Å². The predicted octanol–water partition coefficient (Wildman–Crippen LogP) is 3.47. The number of ether oxygens (including phenoxy) is 1. The summed E-state index contributed by atoms with van der Waals surface area (Å²) in [6.07, 6.45) is 5.33. The van der Waals surface area contributed by atoms with Crippen LogP contribution in [0.2, 0.25) is 0 Å². The molecular formula is C23H25N5O2. The van der Waals surface area contributed by atoms with Gasteiger partial charge in [-0.15, -0.1) is 0 Å². The molecule has 0 saturated carbocycles. The molecule has 7 nitrogen and oxygen atoms in total. The van der Waals surface area contributed by atoms with Gasteiger partial charge in [-0.3, -0.25) is 4.90 Å². The number of rotatable bonds is 5. The number of nitrogen functional groups attached to an aromatic ring is 1. The second-order valence-corrected chi connectivity index (χ2v) is 8.01. The van der Waals surface area contributed by atoms with Crippen LogP contribution in [0, 0.1) is 0 Å². The molecule has 1 aromatic carbocycles. The third-order valence-electron chi connectivity index (χ3n) is 4.93. The highest BCUT2D eigenvalue weighted by Crippen LogP contribution is 2.26. The van der Waals surface area contributed by atoms with Crippen LogP contribution in [-0.4, -0.2) is 51.1 Å². The van der Waals surface area contributed by atoms with Crippen molar-refractivity contribution in [1.82, 2.24) is 19.9 Å². The molecule has 2 N–H and O–H groups in total. The lowest BCUT2D eigenvalue weighted by Gasteiger charge is -2.32. The maximum absolute atomic E-state index is 12.9. The van der Waals surface area contributed by atoms with Crippen LogP contribution in [0.15, 0.2) is 54.6 Å². The molecule has 0 radical (unpaired) electrons. The molecule has 4 rings (SSSR count). The van der Waals surface area contributed by atoms with Crippen molar-refractivity contribution in [3.63, 3.8) is 0 Å². The molecule has 0 atom stereocenters. The van der Waals surface area contributed by atoms with Crippen LogP contribution in [0.25, 0.3) is 22.3 Å². The molecule has 2 aromatic heterocycles. The van der Waals surface area contributed by atoms with Crippen LogP contribution in [-0.2, 0) is 4.74 Å². The number of benzene rings is 1. The first-order valence-corrected chi connectivity index (χ1v) is 10.0. The number of anilines is 1. The van der Waals surface area contributed by atoms with E-state index >= 15 is 0 Å². The van der Waals surface area contributed by atoms with Gasteiger partial charge in [-0.2, -0.15) is 0 Å². The maximum Gasteiger partial charge on any atom is 0.357 e. The van der Waals surface area contributed by atoms with Gasteiger partial charge in [0.2, 0.25) is 5.95 Å². The number of carbonyl (C=O) groups excluding carboxylic acids is 1. The lowest BCUT2D eigenvalue weighted by atomic mass is 10.1. The average Bonchev–Trinajstić information content (AvgIpc) is 2.73. The molecule has 0 amide bonds. The lowest BCUT2D eigenvalue weighted by molar-refractivity contribution is -0.0159. The van der Waals surface area contributed by atoms with E-state index in [-0.39, 0.29) is 11.6 Å². The van der Waals surface area contributed by atoms with Crippen LogP contribution >= 0.6 is 0 Å². The third kappa shape index (κ3) is 4.46. The highest BCUT2D eigenvalue weighted by atomic mass is 16.6. The van der Waals surface area contributed by atoms with Crippen molar-refractivity contribution < 1.29 is 9.53 Å². The van der Waals surface area contributed by atoms with Crippen molar-refractivity contribution in [2.75, 3.05) is 25.4 Å². The van der Waals surface area contributed by atoms with Crippen LogP contribution < -0.4 is 5.73 Å². The number of esters is 1. The molecule has 7 heteroatoms. The number of fused-ring (bicyclic) bond motifs is 1. The zero-order valence-electron chi connectivity index (χ0n) is 17.2.